The Morgan fingerprint density at radius 2 is 0.758 bits per heavy atom. The molecule has 0 fully saturated rings. The molecule has 0 spiro atoms. The number of carboxylic acid groups (broad SMARTS) is 8. The summed E-state index contributed by atoms with van der Waals surface area (Å²) in [5.74, 6) is -16.2. The average molecular weight is 1510 g/mol. The summed E-state index contributed by atoms with van der Waals surface area (Å²) in [5.41, 5.74) is 17.3. The summed E-state index contributed by atoms with van der Waals surface area (Å²) in [7, 11) is 0. The highest BCUT2D eigenvalue weighted by Gasteiger charge is 2.32. The minimum atomic E-state index is -1.37. The number of amides is 6. The molecule has 0 aliphatic carbocycles. The van der Waals surface area contributed by atoms with Crippen LogP contribution in [0.3, 0.4) is 0 Å². The van der Waals surface area contributed by atoms with Crippen molar-refractivity contribution in [2.24, 2.45) is 17.2 Å². The topological polar surface area (TPSA) is 610 Å². The highest BCUT2D eigenvalue weighted by atomic mass is 32.2. The molecule has 44 heteroatoms. The van der Waals surface area contributed by atoms with Gasteiger partial charge >= 0.3 is 47.8 Å². The molecule has 6 amide bonds. The first-order valence-corrected chi connectivity index (χ1v) is 34.5. The number of hydrogen-bond donors (Lipinski definition) is 20. The molecule has 8 atom stereocenters. The van der Waals surface area contributed by atoms with Crippen molar-refractivity contribution in [3.8, 4) is 0 Å². The predicted molar refractivity (Wildman–Crippen MR) is 370 cm³/mol. The molecular weight excluding hydrogens is 1430 g/mol. The van der Waals surface area contributed by atoms with E-state index in [0.717, 1.165) is 35.3 Å². The van der Waals surface area contributed by atoms with Gasteiger partial charge in [-0.05, 0) is 57.2 Å². The molecular formula is C55H84N16O22S6. The van der Waals surface area contributed by atoms with Gasteiger partial charge in [-0.1, -0.05) is 78.0 Å². The third kappa shape index (κ3) is 37.8. The van der Waals surface area contributed by atoms with Gasteiger partial charge in [0, 0.05) is 95.4 Å². The molecule has 2 unspecified atom stereocenters. The van der Waals surface area contributed by atoms with E-state index in [1.54, 1.807) is 28.0 Å². The van der Waals surface area contributed by atoms with Crippen molar-refractivity contribution in [1.82, 2.24) is 67.5 Å². The van der Waals surface area contributed by atoms with E-state index < -0.39 is 151 Å². The molecule has 23 N–H and O–H groups in total. The standard InChI is InChI=1S/C55H84N16O22S6/c56-31(48(84)85)5-8-39(72)66-34(45(81)62-21-42(75)76)26-97-53(94)59-13-2-16-69-17-19-70(37(51(90)91)11-14-60-54(95)98-27-35(46(82)63-22-43(77)78)67-40(73)9-6-32(57)49(86)87)24-29-3-1-4-30(65-29)25-71(20-18-69)38(52(92)93)12-15-61-55(96)99-28-36(47(83)64-23-44(79)80)68-41(74)10-7-33(58)50(88)89/h1,3-4,31-38H,2,5-28,56-58H2,(H,59,94)(H,60,95)(H,61,96)(H,62,81)(H,63,82)(H,64,83)(H,66,72)(H,67,73)(H,68,74)(H,75,76)(H,77,78)(H,79,80)(H,84,85)(H,86,87)(H,88,89)(H,90,91)(H,92,93)/t31-,32-,33-,34-,35-,36-,37?,38?/m0/s1. The third-order valence-corrected chi connectivity index (χ3v) is 18.3. The van der Waals surface area contributed by atoms with Crippen LogP contribution >= 0.6 is 71.9 Å². The SMILES string of the molecule is N[C@@H](CCC(=O)N[C@@H](CSC(=S)NCCCN1CCN(C(CCNC(=S)SC[C@H](NC(=O)CC[C@H](N)C(=O)O)C(=O)NCC(=O)O)C(=O)O)Cc2cccc(n2)CN(C(CCNC(=S)SC[C@H](NC(=O)CC[C@H](N)C(=O)O)C(=O)NCC(=O)O)C(=O)O)CC1)C(=O)NCC(=O)O)C(=O)O. The maximum atomic E-state index is 13.3. The maximum absolute atomic E-state index is 13.3. The number of fused-ring (bicyclic) bond motifs is 2. The number of aromatic nitrogens is 1. The van der Waals surface area contributed by atoms with Gasteiger partial charge in [0.15, 0.2) is 0 Å². The van der Waals surface area contributed by atoms with Crippen molar-refractivity contribution < 1.29 is 108 Å². The second-order valence-electron chi connectivity index (χ2n) is 21.8. The molecule has 99 heavy (non-hydrogen) atoms. The van der Waals surface area contributed by atoms with Crippen LogP contribution in [0, 0.1) is 0 Å². The van der Waals surface area contributed by atoms with Crippen LogP contribution in [0.4, 0.5) is 0 Å². The van der Waals surface area contributed by atoms with E-state index in [0.29, 0.717) is 17.8 Å². The van der Waals surface area contributed by atoms with Crippen LogP contribution < -0.4 is 65.1 Å². The van der Waals surface area contributed by atoms with Crippen LogP contribution in [-0.4, -0.2) is 294 Å². The molecule has 2 heterocycles. The van der Waals surface area contributed by atoms with Crippen LogP contribution in [0.25, 0.3) is 0 Å². The summed E-state index contributed by atoms with van der Waals surface area (Å²) >= 11 is 19.2. The smallest absolute Gasteiger partial charge is 0.322 e. The summed E-state index contributed by atoms with van der Waals surface area (Å²) < 4.78 is 0.290. The Balaban J connectivity index is 2.43. The molecule has 0 saturated carbocycles. The highest BCUT2D eigenvalue weighted by molar-refractivity contribution is 8.23. The minimum absolute atomic E-state index is 0.0349. The van der Waals surface area contributed by atoms with Gasteiger partial charge in [0.05, 0.1) is 11.4 Å². The molecule has 2 rings (SSSR count). The van der Waals surface area contributed by atoms with Crippen molar-refractivity contribution in [1.29, 1.82) is 0 Å². The van der Waals surface area contributed by atoms with Gasteiger partial charge in [-0.2, -0.15) is 0 Å². The van der Waals surface area contributed by atoms with Gasteiger partial charge < -0.3 is 111 Å². The van der Waals surface area contributed by atoms with E-state index in [-0.39, 0.29) is 147 Å². The number of nitrogens with one attached hydrogen (secondary N) is 9. The number of hydrogen-bond acceptors (Lipinski definition) is 27. The van der Waals surface area contributed by atoms with Crippen molar-refractivity contribution in [2.75, 3.05) is 89.3 Å². The number of rotatable bonds is 44. The van der Waals surface area contributed by atoms with Gasteiger partial charge in [-0.25, -0.2) is 0 Å². The molecule has 1 aliphatic heterocycles. The molecule has 1 aromatic rings. The number of aliphatic carboxylic acids is 8. The first-order valence-electron chi connectivity index (χ1n) is 30.3. The first-order chi connectivity index (χ1) is 46.6. The van der Waals surface area contributed by atoms with Gasteiger partial charge in [-0.3, -0.25) is 81.9 Å². The maximum Gasteiger partial charge on any atom is 0.322 e. The lowest BCUT2D eigenvalue weighted by Crippen LogP contribution is -2.50. The highest BCUT2D eigenvalue weighted by Crippen LogP contribution is 2.18. The Hall–Kier alpha value is -7.79. The fourth-order valence-electron chi connectivity index (χ4n) is 8.79. The monoisotopic (exact) mass is 1510 g/mol. The number of nitrogens with two attached hydrogens (primary N) is 3. The Morgan fingerprint density at radius 3 is 1.05 bits per heavy atom. The fraction of sp³-hybridized carbons (Fsp3) is 0.600. The van der Waals surface area contributed by atoms with Crippen LogP contribution in [0.2, 0.25) is 0 Å². The Morgan fingerprint density at radius 1 is 0.444 bits per heavy atom. The lowest BCUT2D eigenvalue weighted by atomic mass is 10.1. The summed E-state index contributed by atoms with van der Waals surface area (Å²) in [4.78, 5) is 181. The van der Waals surface area contributed by atoms with Gasteiger partial charge in [0.2, 0.25) is 35.4 Å². The number of thioether (sulfide) groups is 3. The Labute approximate surface area is 595 Å². The quantitative estimate of drug-likeness (QED) is 0.0214. The molecule has 2 bridgehead atoms. The summed E-state index contributed by atoms with van der Waals surface area (Å²) in [6, 6.07) is -5.52. The van der Waals surface area contributed by atoms with Crippen LogP contribution in [0.5, 0.6) is 0 Å². The van der Waals surface area contributed by atoms with E-state index in [1.807, 2.05) is 4.90 Å². The molecule has 0 saturated heterocycles. The van der Waals surface area contributed by atoms with E-state index in [1.165, 1.54) is 0 Å². The van der Waals surface area contributed by atoms with Crippen molar-refractivity contribution in [3.63, 3.8) is 0 Å². The number of carbonyl (C=O) groups excluding carboxylic acids is 6. The first kappa shape index (κ1) is 87.3. The van der Waals surface area contributed by atoms with Gasteiger partial charge in [0.1, 0.15) is 80.9 Å². The van der Waals surface area contributed by atoms with Crippen LogP contribution in [-0.2, 0) is 80.2 Å². The number of pyridine rings is 1. The number of carbonyl (C=O) groups is 14. The molecule has 38 nitrogen and oxygen atoms in total. The van der Waals surface area contributed by atoms with Crippen molar-refractivity contribution >= 4 is 168 Å². The summed E-state index contributed by atoms with van der Waals surface area (Å²) in [6.45, 7) is -1.49. The number of carboxylic acids is 8. The normalized spacial score (nSPS) is 15.2. The lowest BCUT2D eigenvalue weighted by molar-refractivity contribution is -0.144. The number of nitrogens with zero attached hydrogens (tertiary/aromatic N) is 4. The zero-order valence-electron chi connectivity index (χ0n) is 53.3. The third-order valence-electron chi connectivity index (χ3n) is 14.1. The molecule has 1 aliphatic rings. The molecule has 1 aromatic heterocycles. The van der Waals surface area contributed by atoms with Crippen LogP contribution in [0.15, 0.2) is 18.2 Å². The van der Waals surface area contributed by atoms with Gasteiger partial charge in [0.25, 0.3) is 0 Å². The molecule has 0 aromatic carbocycles. The van der Waals surface area contributed by atoms with Gasteiger partial charge in [-0.15, -0.1) is 0 Å². The van der Waals surface area contributed by atoms with Crippen molar-refractivity contribution in [3.05, 3.63) is 29.6 Å². The second-order valence-corrected chi connectivity index (χ2v) is 26.9. The van der Waals surface area contributed by atoms with E-state index in [4.69, 9.17) is 89.5 Å². The largest absolute Gasteiger partial charge is 0.480 e. The zero-order chi connectivity index (χ0) is 74.3. The molecule has 552 valence electrons. The van der Waals surface area contributed by atoms with E-state index in [9.17, 15) is 77.3 Å². The fourth-order valence-corrected chi connectivity index (χ4v) is 12.0. The Bertz CT molecular complexity index is 2880. The number of thiocarbonyl (C=S) groups is 3. The zero-order valence-corrected chi connectivity index (χ0v) is 58.2. The lowest BCUT2D eigenvalue weighted by Gasteiger charge is -2.35. The summed E-state index contributed by atoms with van der Waals surface area (Å²) in [5, 5.41) is 99.1. The van der Waals surface area contributed by atoms with Crippen molar-refractivity contribution in [2.45, 2.75) is 119 Å². The Kier molecular flexibility index (Phi) is 41.7. The summed E-state index contributed by atoms with van der Waals surface area (Å²) in [6.07, 6.45) is -1.73. The van der Waals surface area contributed by atoms with E-state index in [2.05, 4.69) is 47.9 Å². The second kappa shape index (κ2) is 47.3. The van der Waals surface area contributed by atoms with Crippen LogP contribution in [0.1, 0.15) is 69.2 Å². The predicted octanol–water partition coefficient (Wildman–Crippen LogP) is -5.47. The van der Waals surface area contributed by atoms with E-state index >= 15 is 0 Å². The average Bonchev–Trinajstić information content (AvgIpc) is 0.865. The molecule has 0 radical (unpaired) electrons. The minimum Gasteiger partial charge on any atom is -0.480 e.